The van der Waals surface area contributed by atoms with E-state index in [2.05, 4.69) is 67.6 Å². The maximum atomic E-state index is 5.76. The van der Waals surface area contributed by atoms with Gasteiger partial charge in [-0.3, -0.25) is 0 Å². The van der Waals surface area contributed by atoms with E-state index in [1.807, 2.05) is 7.11 Å². The predicted octanol–water partition coefficient (Wildman–Crippen LogP) is 4.63. The second-order valence-corrected chi connectivity index (χ2v) is 4.86. The molecular formula is C18H22O. The Morgan fingerprint density at radius 2 is 1.32 bits per heavy atom. The Balaban J connectivity index is 2.38. The van der Waals surface area contributed by atoms with Crippen LogP contribution >= 0.6 is 0 Å². The molecule has 0 heterocycles. The summed E-state index contributed by atoms with van der Waals surface area (Å²) in [5.41, 5.74) is 2.66. The van der Waals surface area contributed by atoms with Crippen LogP contribution in [0.2, 0.25) is 0 Å². The van der Waals surface area contributed by atoms with Gasteiger partial charge in [-0.15, -0.1) is 0 Å². The smallest absolute Gasteiger partial charge is 0.0680 e. The highest BCUT2D eigenvalue weighted by atomic mass is 16.5. The number of ether oxygens (including phenoxy) is 1. The molecule has 0 N–H and O–H groups in total. The van der Waals surface area contributed by atoms with Crippen molar-refractivity contribution in [3.8, 4) is 0 Å². The first-order valence-electron chi connectivity index (χ1n) is 6.99. The third-order valence-electron chi connectivity index (χ3n) is 3.57. The lowest BCUT2D eigenvalue weighted by atomic mass is 9.85. The average molecular weight is 254 g/mol. The molecule has 0 fully saturated rings. The lowest BCUT2D eigenvalue weighted by Crippen LogP contribution is -2.22. The molecule has 0 saturated heterocycles. The predicted molar refractivity (Wildman–Crippen MR) is 80.4 cm³/mol. The van der Waals surface area contributed by atoms with E-state index in [0.29, 0.717) is 5.92 Å². The molecule has 0 aliphatic rings. The fraction of sp³-hybridized carbons (Fsp3) is 0.333. The van der Waals surface area contributed by atoms with Gasteiger partial charge in [0.15, 0.2) is 0 Å². The molecule has 0 amide bonds. The fourth-order valence-electron chi connectivity index (χ4n) is 2.65. The number of hydrogen-bond acceptors (Lipinski definition) is 1. The highest BCUT2D eigenvalue weighted by Crippen LogP contribution is 2.31. The van der Waals surface area contributed by atoms with E-state index in [9.17, 15) is 0 Å². The molecular weight excluding hydrogens is 232 g/mol. The van der Waals surface area contributed by atoms with Gasteiger partial charge in [-0.05, 0) is 17.5 Å². The van der Waals surface area contributed by atoms with Crippen LogP contribution in [0.4, 0.5) is 0 Å². The standard InChI is InChI=1S/C18H22O/c1-3-10-17(19-2)18(15-11-6-4-7-12-15)16-13-8-5-9-14-16/h4-9,11-14,17-18H,3,10H2,1-2H3. The maximum Gasteiger partial charge on any atom is 0.0680 e. The minimum Gasteiger partial charge on any atom is -0.380 e. The highest BCUT2D eigenvalue weighted by Gasteiger charge is 2.23. The summed E-state index contributed by atoms with van der Waals surface area (Å²) in [5, 5.41) is 0. The molecule has 1 nitrogen and oxygen atoms in total. The lowest BCUT2D eigenvalue weighted by molar-refractivity contribution is 0.0811. The first kappa shape index (κ1) is 13.8. The minimum atomic E-state index is 0.231. The van der Waals surface area contributed by atoms with E-state index in [0.717, 1.165) is 12.8 Å². The third-order valence-corrected chi connectivity index (χ3v) is 3.57. The molecule has 1 unspecified atom stereocenters. The largest absolute Gasteiger partial charge is 0.380 e. The van der Waals surface area contributed by atoms with Crippen LogP contribution in [0.5, 0.6) is 0 Å². The van der Waals surface area contributed by atoms with Gasteiger partial charge in [0.2, 0.25) is 0 Å². The summed E-state index contributed by atoms with van der Waals surface area (Å²) in [5.74, 6) is 0.312. The van der Waals surface area contributed by atoms with Crippen LogP contribution in [0, 0.1) is 0 Å². The normalized spacial score (nSPS) is 12.6. The molecule has 19 heavy (non-hydrogen) atoms. The molecule has 2 aromatic carbocycles. The molecule has 0 saturated carbocycles. The topological polar surface area (TPSA) is 9.23 Å². The van der Waals surface area contributed by atoms with Crippen LogP contribution < -0.4 is 0 Å². The van der Waals surface area contributed by atoms with Gasteiger partial charge >= 0.3 is 0 Å². The Morgan fingerprint density at radius 3 is 1.68 bits per heavy atom. The molecule has 100 valence electrons. The van der Waals surface area contributed by atoms with Gasteiger partial charge in [0, 0.05) is 13.0 Å². The summed E-state index contributed by atoms with van der Waals surface area (Å²) in [6.45, 7) is 2.21. The molecule has 0 aliphatic carbocycles. The van der Waals surface area contributed by atoms with E-state index in [4.69, 9.17) is 4.74 Å². The molecule has 1 heteroatoms. The van der Waals surface area contributed by atoms with Crippen molar-refractivity contribution < 1.29 is 4.74 Å². The zero-order chi connectivity index (χ0) is 13.5. The van der Waals surface area contributed by atoms with E-state index in [-0.39, 0.29) is 6.10 Å². The molecule has 2 rings (SSSR count). The molecule has 0 aliphatic heterocycles. The SMILES string of the molecule is CCCC(OC)C(c1ccccc1)c1ccccc1. The van der Waals surface area contributed by atoms with Crippen molar-refractivity contribution in [1.29, 1.82) is 0 Å². The van der Waals surface area contributed by atoms with Gasteiger partial charge in [-0.2, -0.15) is 0 Å². The number of benzene rings is 2. The summed E-state index contributed by atoms with van der Waals surface area (Å²) in [7, 11) is 1.82. The Labute approximate surface area is 116 Å². The minimum absolute atomic E-state index is 0.231. The first-order valence-corrected chi connectivity index (χ1v) is 6.99. The van der Waals surface area contributed by atoms with E-state index >= 15 is 0 Å². The number of rotatable bonds is 6. The fourth-order valence-corrected chi connectivity index (χ4v) is 2.65. The average Bonchev–Trinajstić information content (AvgIpc) is 2.49. The van der Waals surface area contributed by atoms with Crippen LogP contribution in [0.3, 0.4) is 0 Å². The quantitative estimate of drug-likeness (QED) is 0.730. The number of hydrogen-bond donors (Lipinski definition) is 0. The van der Waals surface area contributed by atoms with Crippen molar-refractivity contribution in [3.63, 3.8) is 0 Å². The van der Waals surface area contributed by atoms with Crippen molar-refractivity contribution in [1.82, 2.24) is 0 Å². The van der Waals surface area contributed by atoms with Crippen molar-refractivity contribution in [2.45, 2.75) is 31.8 Å². The molecule has 0 aromatic heterocycles. The summed E-state index contributed by atoms with van der Waals surface area (Å²) in [6.07, 6.45) is 2.44. The summed E-state index contributed by atoms with van der Waals surface area (Å²) in [6, 6.07) is 21.3. The van der Waals surface area contributed by atoms with Gasteiger partial charge in [0.25, 0.3) is 0 Å². The van der Waals surface area contributed by atoms with Crippen molar-refractivity contribution in [3.05, 3.63) is 71.8 Å². The Morgan fingerprint density at radius 1 is 0.842 bits per heavy atom. The molecule has 2 aromatic rings. The maximum absolute atomic E-state index is 5.76. The third kappa shape index (κ3) is 3.45. The van der Waals surface area contributed by atoms with Crippen LogP contribution in [0.25, 0.3) is 0 Å². The number of methoxy groups -OCH3 is 1. The summed E-state index contributed by atoms with van der Waals surface area (Å²) in [4.78, 5) is 0. The van der Waals surface area contributed by atoms with Crippen molar-refractivity contribution >= 4 is 0 Å². The van der Waals surface area contributed by atoms with Crippen molar-refractivity contribution in [2.75, 3.05) is 7.11 Å². The van der Waals surface area contributed by atoms with Crippen LogP contribution in [-0.4, -0.2) is 13.2 Å². The lowest BCUT2D eigenvalue weighted by Gasteiger charge is -2.27. The Kier molecular flexibility index (Phi) is 5.17. The van der Waals surface area contributed by atoms with E-state index < -0.39 is 0 Å². The van der Waals surface area contributed by atoms with Gasteiger partial charge < -0.3 is 4.74 Å². The monoisotopic (exact) mass is 254 g/mol. The van der Waals surface area contributed by atoms with E-state index in [1.54, 1.807) is 0 Å². The van der Waals surface area contributed by atoms with Gasteiger partial charge in [-0.1, -0.05) is 74.0 Å². The molecule has 0 radical (unpaired) electrons. The Hall–Kier alpha value is -1.60. The van der Waals surface area contributed by atoms with E-state index in [1.165, 1.54) is 11.1 Å². The zero-order valence-corrected chi connectivity index (χ0v) is 11.8. The molecule has 0 bridgehead atoms. The second-order valence-electron chi connectivity index (χ2n) is 4.86. The van der Waals surface area contributed by atoms with Crippen LogP contribution in [0.1, 0.15) is 36.8 Å². The Bertz CT molecular complexity index is 424. The zero-order valence-electron chi connectivity index (χ0n) is 11.8. The van der Waals surface area contributed by atoms with Crippen LogP contribution in [-0.2, 0) is 4.74 Å². The summed E-state index contributed by atoms with van der Waals surface area (Å²) >= 11 is 0. The molecule has 0 spiro atoms. The van der Waals surface area contributed by atoms with Gasteiger partial charge in [0.05, 0.1) is 6.10 Å². The second kappa shape index (κ2) is 7.10. The van der Waals surface area contributed by atoms with Gasteiger partial charge in [-0.25, -0.2) is 0 Å². The molecule has 1 atom stereocenters. The highest BCUT2D eigenvalue weighted by molar-refractivity contribution is 5.33. The summed E-state index contributed by atoms with van der Waals surface area (Å²) < 4.78 is 5.76. The van der Waals surface area contributed by atoms with Crippen molar-refractivity contribution in [2.24, 2.45) is 0 Å². The van der Waals surface area contributed by atoms with Crippen LogP contribution in [0.15, 0.2) is 60.7 Å². The van der Waals surface area contributed by atoms with Gasteiger partial charge in [0.1, 0.15) is 0 Å². The first-order chi connectivity index (χ1) is 9.36.